The molecule has 0 unspecified atom stereocenters. The lowest BCUT2D eigenvalue weighted by atomic mass is 9.99. The second kappa shape index (κ2) is 7.10. The van der Waals surface area contributed by atoms with Crippen molar-refractivity contribution in [2.75, 3.05) is 5.73 Å². The fourth-order valence-corrected chi connectivity index (χ4v) is 3.08. The average Bonchev–Trinajstić information content (AvgIpc) is 3.04. The first-order valence-corrected chi connectivity index (χ1v) is 8.80. The van der Waals surface area contributed by atoms with Crippen LogP contribution in [0, 0.1) is 0 Å². The molecule has 1 aliphatic carbocycles. The van der Waals surface area contributed by atoms with E-state index in [4.69, 9.17) is 22.1 Å². The van der Waals surface area contributed by atoms with E-state index in [1.54, 1.807) is 0 Å². The molecule has 0 bridgehead atoms. The monoisotopic (exact) mass is 363 g/mol. The molecular formula is C21H18ClN3O. The van der Waals surface area contributed by atoms with Gasteiger partial charge in [0.2, 0.25) is 0 Å². The third kappa shape index (κ3) is 3.65. The maximum absolute atomic E-state index is 5.95. The molecule has 1 aromatic heterocycles. The molecule has 5 heteroatoms. The number of hydrogen-bond donors (Lipinski definition) is 2. The maximum atomic E-state index is 5.95. The highest BCUT2D eigenvalue weighted by Crippen LogP contribution is 2.28. The summed E-state index contributed by atoms with van der Waals surface area (Å²) in [5, 5.41) is 8.26. The standard InChI is InChI=1S/C21H18ClN3O/c22-15-7-4-14(5-8-15)6-11-20-19-10-9-18(13-21(19)25-24-20)26-17-3-1-2-16(23)12-17/h1-8,11-13H,9-10,23H2,(H,24,25). The van der Waals surface area contributed by atoms with Gasteiger partial charge in [-0.3, -0.25) is 5.10 Å². The molecule has 1 aliphatic rings. The summed E-state index contributed by atoms with van der Waals surface area (Å²) in [6, 6.07) is 15.2. The molecule has 4 rings (SSSR count). The Hall–Kier alpha value is -2.98. The van der Waals surface area contributed by atoms with Crippen LogP contribution in [0.25, 0.3) is 18.2 Å². The Morgan fingerprint density at radius 2 is 1.92 bits per heavy atom. The molecule has 2 aromatic carbocycles. The van der Waals surface area contributed by atoms with Gasteiger partial charge in [0.05, 0.1) is 11.4 Å². The van der Waals surface area contributed by atoms with E-state index >= 15 is 0 Å². The van der Waals surface area contributed by atoms with E-state index in [-0.39, 0.29) is 0 Å². The molecule has 0 fully saturated rings. The zero-order valence-corrected chi connectivity index (χ0v) is 14.8. The predicted octanol–water partition coefficient (Wildman–Crippen LogP) is 5.18. The number of nitrogen functional groups attached to an aromatic ring is 1. The summed E-state index contributed by atoms with van der Waals surface area (Å²) < 4.78 is 5.95. The van der Waals surface area contributed by atoms with Crippen LogP contribution in [-0.4, -0.2) is 10.2 Å². The molecule has 0 amide bonds. The number of nitrogens with one attached hydrogen (secondary N) is 1. The number of rotatable bonds is 4. The van der Waals surface area contributed by atoms with Crippen LogP contribution in [0.15, 0.2) is 54.3 Å². The second-order valence-corrected chi connectivity index (χ2v) is 6.61. The zero-order valence-electron chi connectivity index (χ0n) is 14.1. The topological polar surface area (TPSA) is 63.9 Å². The van der Waals surface area contributed by atoms with Crippen molar-refractivity contribution in [3.63, 3.8) is 0 Å². The number of fused-ring (bicyclic) bond motifs is 1. The van der Waals surface area contributed by atoms with Gasteiger partial charge < -0.3 is 10.5 Å². The molecule has 4 nitrogen and oxygen atoms in total. The number of aromatic amines is 1. The number of allylic oxidation sites excluding steroid dienone is 1. The SMILES string of the molecule is Nc1cccc(OC2=Cc3[nH]nc(C=Cc4ccc(Cl)cc4)c3CC2)c1. The Bertz CT molecular complexity index is 987. The highest BCUT2D eigenvalue weighted by molar-refractivity contribution is 6.30. The quantitative estimate of drug-likeness (QED) is 0.627. The Morgan fingerprint density at radius 3 is 2.73 bits per heavy atom. The van der Waals surface area contributed by atoms with E-state index in [1.807, 2.05) is 66.8 Å². The van der Waals surface area contributed by atoms with Crippen LogP contribution in [-0.2, 0) is 6.42 Å². The van der Waals surface area contributed by atoms with Crippen LogP contribution in [0.2, 0.25) is 5.02 Å². The number of nitrogens with zero attached hydrogens (tertiary/aromatic N) is 1. The summed E-state index contributed by atoms with van der Waals surface area (Å²) in [5.74, 6) is 1.65. The number of anilines is 1. The van der Waals surface area contributed by atoms with E-state index < -0.39 is 0 Å². The summed E-state index contributed by atoms with van der Waals surface area (Å²) in [6.07, 6.45) is 7.77. The van der Waals surface area contributed by atoms with Gasteiger partial charge in [0, 0.05) is 34.8 Å². The number of H-pyrrole nitrogens is 1. The molecule has 0 spiro atoms. The van der Waals surface area contributed by atoms with E-state index in [1.165, 1.54) is 5.56 Å². The summed E-state index contributed by atoms with van der Waals surface area (Å²) in [5.41, 5.74) is 10.7. The number of nitrogens with two attached hydrogens (primary N) is 1. The second-order valence-electron chi connectivity index (χ2n) is 6.17. The summed E-state index contributed by atoms with van der Waals surface area (Å²) in [6.45, 7) is 0. The minimum absolute atomic E-state index is 0.691. The van der Waals surface area contributed by atoms with Gasteiger partial charge in [-0.2, -0.15) is 5.10 Å². The molecule has 0 atom stereocenters. The molecule has 3 aromatic rings. The molecule has 3 N–H and O–H groups in total. The number of aromatic nitrogens is 2. The predicted molar refractivity (Wildman–Crippen MR) is 107 cm³/mol. The third-order valence-corrected chi connectivity index (χ3v) is 4.52. The van der Waals surface area contributed by atoms with Crippen molar-refractivity contribution in [3.05, 3.63) is 81.8 Å². The summed E-state index contributed by atoms with van der Waals surface area (Å²) >= 11 is 5.92. The smallest absolute Gasteiger partial charge is 0.128 e. The minimum atomic E-state index is 0.691. The van der Waals surface area contributed by atoms with Gasteiger partial charge >= 0.3 is 0 Å². The minimum Gasteiger partial charge on any atom is -0.462 e. The summed E-state index contributed by atoms with van der Waals surface area (Å²) in [4.78, 5) is 0. The van der Waals surface area contributed by atoms with Crippen molar-refractivity contribution in [1.29, 1.82) is 0 Å². The lowest BCUT2D eigenvalue weighted by molar-refractivity contribution is 0.406. The highest BCUT2D eigenvalue weighted by Gasteiger charge is 2.17. The van der Waals surface area contributed by atoms with E-state index in [0.717, 1.165) is 46.3 Å². The van der Waals surface area contributed by atoms with Gasteiger partial charge in [0.1, 0.15) is 11.5 Å². The molecular weight excluding hydrogens is 346 g/mol. The van der Waals surface area contributed by atoms with E-state index in [0.29, 0.717) is 5.69 Å². The van der Waals surface area contributed by atoms with Crippen molar-refractivity contribution in [1.82, 2.24) is 10.2 Å². The average molecular weight is 364 g/mol. The molecule has 1 heterocycles. The highest BCUT2D eigenvalue weighted by atomic mass is 35.5. The van der Waals surface area contributed by atoms with Gasteiger partial charge in [-0.1, -0.05) is 35.9 Å². The number of benzene rings is 2. The fraction of sp³-hybridized carbons (Fsp3) is 0.0952. The third-order valence-electron chi connectivity index (χ3n) is 4.27. The molecule has 0 saturated carbocycles. The van der Waals surface area contributed by atoms with Crippen LogP contribution in [0.3, 0.4) is 0 Å². The van der Waals surface area contributed by atoms with Crippen molar-refractivity contribution in [2.45, 2.75) is 12.8 Å². The van der Waals surface area contributed by atoms with Gasteiger partial charge in [-0.05, 0) is 42.3 Å². The Kier molecular flexibility index (Phi) is 4.50. The normalized spacial score (nSPS) is 13.5. The first-order chi connectivity index (χ1) is 12.7. The maximum Gasteiger partial charge on any atom is 0.128 e. The number of hydrogen-bond acceptors (Lipinski definition) is 3. The van der Waals surface area contributed by atoms with Crippen molar-refractivity contribution in [3.8, 4) is 5.75 Å². The molecule has 0 radical (unpaired) electrons. The first kappa shape index (κ1) is 16.5. The van der Waals surface area contributed by atoms with Crippen molar-refractivity contribution < 1.29 is 4.74 Å². The van der Waals surface area contributed by atoms with Crippen molar-refractivity contribution >= 4 is 35.5 Å². The Balaban J connectivity index is 1.52. The van der Waals surface area contributed by atoms with Gasteiger partial charge in [-0.15, -0.1) is 0 Å². The van der Waals surface area contributed by atoms with E-state index in [9.17, 15) is 0 Å². The number of ether oxygens (including phenoxy) is 1. The van der Waals surface area contributed by atoms with Crippen LogP contribution in [0.1, 0.15) is 28.9 Å². The molecule has 130 valence electrons. The molecule has 0 saturated heterocycles. The summed E-state index contributed by atoms with van der Waals surface area (Å²) in [7, 11) is 0. The number of halogens is 1. The van der Waals surface area contributed by atoms with Crippen LogP contribution in [0.5, 0.6) is 5.75 Å². The van der Waals surface area contributed by atoms with E-state index in [2.05, 4.69) is 10.2 Å². The Morgan fingerprint density at radius 1 is 1.08 bits per heavy atom. The molecule has 0 aliphatic heterocycles. The van der Waals surface area contributed by atoms with Crippen LogP contribution < -0.4 is 10.5 Å². The molecule has 26 heavy (non-hydrogen) atoms. The van der Waals surface area contributed by atoms with Gasteiger partial charge in [-0.25, -0.2) is 0 Å². The zero-order chi connectivity index (χ0) is 17.9. The lowest BCUT2D eigenvalue weighted by Gasteiger charge is -2.15. The Labute approximate surface area is 157 Å². The largest absolute Gasteiger partial charge is 0.462 e. The first-order valence-electron chi connectivity index (χ1n) is 8.42. The fourth-order valence-electron chi connectivity index (χ4n) is 2.95. The van der Waals surface area contributed by atoms with Gasteiger partial charge in [0.25, 0.3) is 0 Å². The van der Waals surface area contributed by atoms with Gasteiger partial charge in [0.15, 0.2) is 0 Å². The van der Waals surface area contributed by atoms with Crippen LogP contribution >= 0.6 is 11.6 Å². The van der Waals surface area contributed by atoms with Crippen LogP contribution in [0.4, 0.5) is 5.69 Å². The van der Waals surface area contributed by atoms with Crippen molar-refractivity contribution in [2.24, 2.45) is 0 Å². The lowest BCUT2D eigenvalue weighted by Crippen LogP contribution is -2.04.